The van der Waals surface area contributed by atoms with Crippen molar-refractivity contribution < 1.29 is 9.53 Å². The predicted molar refractivity (Wildman–Crippen MR) is 48.7 cm³/mol. The van der Waals surface area contributed by atoms with Crippen molar-refractivity contribution in [3.05, 3.63) is 12.2 Å². The number of hydrogen-bond donors (Lipinski definition) is 1. The maximum atomic E-state index is 10.9. The Kier molecular flexibility index (Phi) is 3.96. The molecule has 0 aromatic carbocycles. The molecule has 0 radical (unpaired) electrons. The van der Waals surface area contributed by atoms with Gasteiger partial charge in [-0.25, -0.2) is 0 Å². The lowest BCUT2D eigenvalue weighted by atomic mass is 10.2. The molecule has 1 amide bonds. The van der Waals surface area contributed by atoms with Gasteiger partial charge in [-0.2, -0.15) is 0 Å². The van der Waals surface area contributed by atoms with Crippen LogP contribution in [0.4, 0.5) is 0 Å². The van der Waals surface area contributed by atoms with Gasteiger partial charge in [-0.15, -0.1) is 0 Å². The van der Waals surface area contributed by atoms with Gasteiger partial charge in [-0.3, -0.25) is 4.79 Å². The van der Waals surface area contributed by atoms with Gasteiger partial charge in [0.1, 0.15) is 6.73 Å². The van der Waals surface area contributed by atoms with Gasteiger partial charge in [0.25, 0.3) is 0 Å². The first-order valence-electron chi connectivity index (χ1n) is 3.90. The van der Waals surface area contributed by atoms with Crippen LogP contribution < -0.4 is 5.32 Å². The fraction of sp³-hybridized carbons (Fsp3) is 0.667. The molecule has 0 aromatic heterocycles. The fourth-order valence-corrected chi connectivity index (χ4v) is 0.469. The van der Waals surface area contributed by atoms with E-state index >= 15 is 0 Å². The number of ether oxygens (including phenoxy) is 1. The van der Waals surface area contributed by atoms with Gasteiger partial charge >= 0.3 is 0 Å². The Hall–Kier alpha value is -0.830. The van der Waals surface area contributed by atoms with Gasteiger partial charge in [0.05, 0.1) is 5.60 Å². The van der Waals surface area contributed by atoms with E-state index in [9.17, 15) is 4.79 Å². The highest BCUT2D eigenvalue weighted by atomic mass is 16.5. The van der Waals surface area contributed by atoms with E-state index in [-0.39, 0.29) is 18.2 Å². The largest absolute Gasteiger partial charge is 0.356 e. The Labute approximate surface area is 73.8 Å². The van der Waals surface area contributed by atoms with Crippen LogP contribution >= 0.6 is 0 Å². The third-order valence-corrected chi connectivity index (χ3v) is 1.13. The lowest BCUT2D eigenvalue weighted by molar-refractivity contribution is -0.120. The molecular formula is C9H17NO2. The van der Waals surface area contributed by atoms with Gasteiger partial charge in [0.2, 0.25) is 5.91 Å². The van der Waals surface area contributed by atoms with E-state index in [2.05, 4.69) is 11.9 Å². The minimum Gasteiger partial charge on any atom is -0.356 e. The van der Waals surface area contributed by atoms with Crippen LogP contribution in [0.5, 0.6) is 0 Å². The summed E-state index contributed by atoms with van der Waals surface area (Å²) in [6, 6.07) is 0. The van der Waals surface area contributed by atoms with Crippen LogP contribution in [0.2, 0.25) is 0 Å². The molecule has 1 N–H and O–H groups in total. The maximum absolute atomic E-state index is 10.9. The van der Waals surface area contributed by atoms with Crippen molar-refractivity contribution in [2.45, 2.75) is 33.3 Å². The lowest BCUT2D eigenvalue weighted by Gasteiger charge is -2.19. The molecule has 0 bridgehead atoms. The van der Waals surface area contributed by atoms with Crippen molar-refractivity contribution in [2.75, 3.05) is 6.73 Å². The van der Waals surface area contributed by atoms with Crippen molar-refractivity contribution in [1.82, 2.24) is 5.32 Å². The van der Waals surface area contributed by atoms with Crippen LogP contribution in [-0.2, 0) is 9.53 Å². The molecule has 3 nitrogen and oxygen atoms in total. The smallest absolute Gasteiger partial charge is 0.248 e. The van der Waals surface area contributed by atoms with Crippen molar-refractivity contribution in [3.63, 3.8) is 0 Å². The Morgan fingerprint density at radius 1 is 1.50 bits per heavy atom. The molecule has 70 valence electrons. The summed E-state index contributed by atoms with van der Waals surface area (Å²) in [5.74, 6) is -0.167. The van der Waals surface area contributed by atoms with Crippen LogP contribution in [-0.4, -0.2) is 18.2 Å². The van der Waals surface area contributed by atoms with E-state index in [0.29, 0.717) is 5.57 Å². The topological polar surface area (TPSA) is 38.3 Å². The summed E-state index contributed by atoms with van der Waals surface area (Å²) in [5, 5.41) is 2.58. The van der Waals surface area contributed by atoms with Gasteiger partial charge in [0, 0.05) is 5.57 Å². The van der Waals surface area contributed by atoms with Crippen LogP contribution in [0.25, 0.3) is 0 Å². The normalized spacial score (nSPS) is 11.0. The van der Waals surface area contributed by atoms with Crippen molar-refractivity contribution >= 4 is 5.91 Å². The number of nitrogens with one attached hydrogen (secondary N) is 1. The second-order valence-electron chi connectivity index (χ2n) is 3.69. The van der Waals surface area contributed by atoms with Gasteiger partial charge in [0.15, 0.2) is 0 Å². The zero-order valence-electron chi connectivity index (χ0n) is 8.23. The van der Waals surface area contributed by atoms with Crippen molar-refractivity contribution in [3.8, 4) is 0 Å². The number of amides is 1. The molecule has 0 fully saturated rings. The molecule has 12 heavy (non-hydrogen) atoms. The fourth-order valence-electron chi connectivity index (χ4n) is 0.469. The summed E-state index contributed by atoms with van der Waals surface area (Å²) in [7, 11) is 0. The molecule has 0 unspecified atom stereocenters. The minimum atomic E-state index is -0.220. The Morgan fingerprint density at radius 3 is 2.33 bits per heavy atom. The van der Waals surface area contributed by atoms with Gasteiger partial charge in [-0.1, -0.05) is 6.58 Å². The van der Waals surface area contributed by atoms with Gasteiger partial charge < -0.3 is 10.1 Å². The zero-order valence-corrected chi connectivity index (χ0v) is 8.23. The SMILES string of the molecule is C=C(C)C(=O)NCOC(C)(C)C. The van der Waals surface area contributed by atoms with E-state index in [1.54, 1.807) is 6.92 Å². The minimum absolute atomic E-state index is 0.167. The van der Waals surface area contributed by atoms with Gasteiger partial charge in [-0.05, 0) is 27.7 Å². The summed E-state index contributed by atoms with van der Waals surface area (Å²) in [4.78, 5) is 10.9. The molecule has 3 heteroatoms. The summed E-state index contributed by atoms with van der Waals surface area (Å²) >= 11 is 0. The number of carbonyl (C=O) groups excluding carboxylic acids is 1. The second kappa shape index (κ2) is 4.26. The molecule has 0 aliphatic carbocycles. The first kappa shape index (κ1) is 11.2. The van der Waals surface area contributed by atoms with E-state index in [1.165, 1.54) is 0 Å². The highest BCUT2D eigenvalue weighted by Crippen LogP contribution is 2.04. The highest BCUT2D eigenvalue weighted by molar-refractivity contribution is 5.91. The van der Waals surface area contributed by atoms with Crippen LogP contribution in [0.15, 0.2) is 12.2 Å². The number of carbonyl (C=O) groups is 1. The molecule has 0 rings (SSSR count). The maximum Gasteiger partial charge on any atom is 0.248 e. The van der Waals surface area contributed by atoms with Crippen molar-refractivity contribution in [1.29, 1.82) is 0 Å². The average Bonchev–Trinajstić information content (AvgIpc) is 1.84. The van der Waals surface area contributed by atoms with E-state index in [1.807, 2.05) is 20.8 Å². The summed E-state index contributed by atoms with van der Waals surface area (Å²) in [6.45, 7) is 11.2. The Morgan fingerprint density at radius 2 is 2.00 bits per heavy atom. The Balaban J connectivity index is 3.58. The zero-order chi connectivity index (χ0) is 9.78. The first-order valence-corrected chi connectivity index (χ1v) is 3.90. The molecule has 0 aliphatic heterocycles. The Bertz CT molecular complexity index is 179. The molecule has 0 saturated carbocycles. The monoisotopic (exact) mass is 171 g/mol. The molecule has 0 aliphatic rings. The summed E-state index contributed by atoms with van der Waals surface area (Å²) < 4.78 is 5.28. The highest BCUT2D eigenvalue weighted by Gasteiger charge is 2.10. The lowest BCUT2D eigenvalue weighted by Crippen LogP contribution is -2.31. The number of rotatable bonds is 3. The van der Waals surface area contributed by atoms with E-state index in [0.717, 1.165) is 0 Å². The standard InChI is InChI=1S/C9H17NO2/c1-7(2)8(11)10-6-12-9(3,4)5/h1,6H2,2-5H3,(H,10,11). The predicted octanol–water partition coefficient (Wildman–Crippen LogP) is 1.45. The summed E-state index contributed by atoms with van der Waals surface area (Å²) in [5.41, 5.74) is 0.273. The molecule has 0 atom stereocenters. The van der Waals surface area contributed by atoms with E-state index < -0.39 is 0 Å². The van der Waals surface area contributed by atoms with E-state index in [4.69, 9.17) is 4.74 Å². The second-order valence-corrected chi connectivity index (χ2v) is 3.69. The van der Waals surface area contributed by atoms with Crippen LogP contribution in [0, 0.1) is 0 Å². The quantitative estimate of drug-likeness (QED) is 0.515. The molecule has 0 aromatic rings. The molecule has 0 spiro atoms. The number of hydrogen-bond acceptors (Lipinski definition) is 2. The van der Waals surface area contributed by atoms with Crippen molar-refractivity contribution in [2.24, 2.45) is 0 Å². The summed E-state index contributed by atoms with van der Waals surface area (Å²) in [6.07, 6.45) is 0. The van der Waals surface area contributed by atoms with Crippen LogP contribution in [0.1, 0.15) is 27.7 Å². The van der Waals surface area contributed by atoms with Crippen LogP contribution in [0.3, 0.4) is 0 Å². The molecule has 0 heterocycles. The third-order valence-electron chi connectivity index (χ3n) is 1.13. The average molecular weight is 171 g/mol. The third kappa shape index (κ3) is 5.92. The molecular weight excluding hydrogens is 154 g/mol. The molecule has 0 saturated heterocycles. The first-order chi connectivity index (χ1) is 5.33.